The van der Waals surface area contributed by atoms with E-state index in [-0.39, 0.29) is 0 Å². The van der Waals surface area contributed by atoms with E-state index in [1.807, 2.05) is 0 Å². The Labute approximate surface area is 157 Å². The number of halogens is 2. The molecule has 1 aromatic carbocycles. The molecule has 0 heterocycles. The average Bonchev–Trinajstić information content (AvgIpc) is 2.68. The smallest absolute Gasteiger partial charge is 0.160 e. The number of hydrogen-bond acceptors (Lipinski definition) is 0. The highest BCUT2D eigenvalue weighted by atomic mass is 19.2. The highest BCUT2D eigenvalue weighted by molar-refractivity contribution is 5.35. The zero-order valence-corrected chi connectivity index (χ0v) is 16.1. The summed E-state index contributed by atoms with van der Waals surface area (Å²) in [7, 11) is 0. The summed E-state index contributed by atoms with van der Waals surface area (Å²) in [6, 6.07) is 3.92. The molecule has 2 aliphatic rings. The SMILES string of the molecule is CCCC[C@H]1CC[C@H]([C@H]2CC[C@H](C#Cc3ccc(F)c(F)c3)CC2)CC1. The molecule has 2 heteroatoms. The zero-order valence-electron chi connectivity index (χ0n) is 16.1. The summed E-state index contributed by atoms with van der Waals surface area (Å²) >= 11 is 0. The van der Waals surface area contributed by atoms with Gasteiger partial charge in [-0.25, -0.2) is 8.78 Å². The van der Waals surface area contributed by atoms with Crippen LogP contribution in [0.15, 0.2) is 18.2 Å². The number of rotatable bonds is 4. The Morgan fingerprint density at radius 3 is 2.15 bits per heavy atom. The third-order valence-corrected chi connectivity index (χ3v) is 6.64. The highest BCUT2D eigenvalue weighted by Gasteiger charge is 2.30. The van der Waals surface area contributed by atoms with E-state index in [1.54, 1.807) is 6.07 Å². The van der Waals surface area contributed by atoms with Crippen LogP contribution in [0.1, 0.15) is 83.1 Å². The maximum atomic E-state index is 13.3. The van der Waals surface area contributed by atoms with Crippen LogP contribution in [0.5, 0.6) is 0 Å². The lowest BCUT2D eigenvalue weighted by atomic mass is 9.69. The molecule has 0 radical (unpaired) electrons. The summed E-state index contributed by atoms with van der Waals surface area (Å²) in [5.74, 6) is 7.97. The topological polar surface area (TPSA) is 0 Å². The number of unbranched alkanes of at least 4 members (excludes halogenated alkanes) is 1. The van der Waals surface area contributed by atoms with Crippen LogP contribution in [0.25, 0.3) is 0 Å². The van der Waals surface area contributed by atoms with Crippen LogP contribution in [0.2, 0.25) is 0 Å². The minimum atomic E-state index is -0.810. The summed E-state index contributed by atoms with van der Waals surface area (Å²) < 4.78 is 26.2. The van der Waals surface area contributed by atoms with Gasteiger partial charge >= 0.3 is 0 Å². The van der Waals surface area contributed by atoms with Crippen LogP contribution in [0.4, 0.5) is 8.78 Å². The van der Waals surface area contributed by atoms with Gasteiger partial charge in [0.15, 0.2) is 11.6 Å². The molecule has 0 saturated heterocycles. The summed E-state index contributed by atoms with van der Waals surface area (Å²) in [5.41, 5.74) is 0.580. The van der Waals surface area contributed by atoms with Gasteiger partial charge in [-0.1, -0.05) is 50.9 Å². The second-order valence-corrected chi connectivity index (χ2v) is 8.43. The van der Waals surface area contributed by atoms with Crippen molar-refractivity contribution in [2.75, 3.05) is 0 Å². The summed E-state index contributed by atoms with van der Waals surface area (Å²) in [6.45, 7) is 2.29. The van der Waals surface area contributed by atoms with Gasteiger partial charge in [-0.2, -0.15) is 0 Å². The number of benzene rings is 1. The molecule has 0 spiro atoms. The zero-order chi connectivity index (χ0) is 18.4. The van der Waals surface area contributed by atoms with E-state index in [4.69, 9.17) is 0 Å². The van der Waals surface area contributed by atoms with Crippen molar-refractivity contribution in [2.24, 2.45) is 23.7 Å². The van der Waals surface area contributed by atoms with Gasteiger partial charge in [-0.05, 0) is 74.5 Å². The predicted molar refractivity (Wildman–Crippen MR) is 104 cm³/mol. The third-order valence-electron chi connectivity index (χ3n) is 6.64. The first-order valence-electron chi connectivity index (χ1n) is 10.6. The molecule has 0 N–H and O–H groups in total. The fourth-order valence-electron chi connectivity index (χ4n) is 4.94. The third kappa shape index (κ3) is 5.32. The maximum absolute atomic E-state index is 13.3. The molecule has 0 bridgehead atoms. The standard InChI is InChI=1S/C24H32F2/c1-2-3-4-18-7-12-21(13-8-18)22-14-9-19(10-15-22)5-6-20-11-16-23(25)24(26)17-20/h11,16-19,21-22H,2-4,7-10,12-15H2,1H3/t18-,19-,21-,22-. The molecule has 0 aliphatic heterocycles. The van der Waals surface area contributed by atoms with Crippen molar-refractivity contribution in [1.29, 1.82) is 0 Å². The van der Waals surface area contributed by atoms with Crippen LogP contribution in [-0.4, -0.2) is 0 Å². The second kappa shape index (κ2) is 9.54. The Morgan fingerprint density at radius 1 is 0.885 bits per heavy atom. The van der Waals surface area contributed by atoms with E-state index in [1.165, 1.54) is 63.9 Å². The van der Waals surface area contributed by atoms with Crippen molar-refractivity contribution in [2.45, 2.75) is 77.6 Å². The van der Waals surface area contributed by atoms with Gasteiger partial charge in [0.2, 0.25) is 0 Å². The summed E-state index contributed by atoms with van der Waals surface area (Å²) in [4.78, 5) is 0. The minimum Gasteiger partial charge on any atom is -0.204 e. The van der Waals surface area contributed by atoms with E-state index in [9.17, 15) is 8.78 Å². The summed E-state index contributed by atoms with van der Waals surface area (Å²) in [5, 5.41) is 0. The van der Waals surface area contributed by atoms with Crippen molar-refractivity contribution in [3.05, 3.63) is 35.4 Å². The molecule has 0 unspecified atom stereocenters. The molecule has 142 valence electrons. The molecule has 2 fully saturated rings. The molecule has 3 rings (SSSR count). The van der Waals surface area contributed by atoms with Crippen molar-refractivity contribution in [1.82, 2.24) is 0 Å². The van der Waals surface area contributed by atoms with Crippen LogP contribution in [0, 0.1) is 47.1 Å². The second-order valence-electron chi connectivity index (χ2n) is 8.43. The minimum absolute atomic E-state index is 0.417. The van der Waals surface area contributed by atoms with Gasteiger partial charge in [0, 0.05) is 11.5 Å². The first-order chi connectivity index (χ1) is 12.7. The van der Waals surface area contributed by atoms with Gasteiger partial charge in [-0.3, -0.25) is 0 Å². The average molecular weight is 359 g/mol. The van der Waals surface area contributed by atoms with Gasteiger partial charge in [0.05, 0.1) is 0 Å². The predicted octanol–water partition coefficient (Wildman–Crippen LogP) is 7.12. The van der Waals surface area contributed by atoms with Gasteiger partial charge in [0.25, 0.3) is 0 Å². The summed E-state index contributed by atoms with van der Waals surface area (Å²) in [6.07, 6.45) is 14.8. The lowest BCUT2D eigenvalue weighted by Gasteiger charge is -2.37. The first kappa shape index (κ1) is 19.4. The van der Waals surface area contributed by atoms with E-state index in [2.05, 4.69) is 18.8 Å². The Kier molecular flexibility index (Phi) is 7.12. The van der Waals surface area contributed by atoms with Crippen LogP contribution >= 0.6 is 0 Å². The lowest BCUT2D eigenvalue weighted by molar-refractivity contribution is 0.153. The van der Waals surface area contributed by atoms with Crippen LogP contribution < -0.4 is 0 Å². The Morgan fingerprint density at radius 2 is 1.54 bits per heavy atom. The van der Waals surface area contributed by atoms with Crippen molar-refractivity contribution < 1.29 is 8.78 Å². The van der Waals surface area contributed by atoms with Crippen LogP contribution in [0.3, 0.4) is 0 Å². The Hall–Kier alpha value is -1.36. The largest absolute Gasteiger partial charge is 0.204 e. The normalized spacial score (nSPS) is 29.0. The van der Waals surface area contributed by atoms with E-state index in [0.29, 0.717) is 11.5 Å². The van der Waals surface area contributed by atoms with Gasteiger partial charge in [0.1, 0.15) is 0 Å². The Bertz CT molecular complexity index is 623. The van der Waals surface area contributed by atoms with Crippen molar-refractivity contribution in [3.8, 4) is 11.8 Å². The van der Waals surface area contributed by atoms with Gasteiger partial charge in [-0.15, -0.1) is 0 Å². The molecular weight excluding hydrogens is 326 g/mol. The lowest BCUT2D eigenvalue weighted by Crippen LogP contribution is -2.25. The van der Waals surface area contributed by atoms with Crippen LogP contribution in [-0.2, 0) is 0 Å². The van der Waals surface area contributed by atoms with E-state index in [0.717, 1.165) is 36.7 Å². The molecule has 0 amide bonds. The molecule has 26 heavy (non-hydrogen) atoms. The van der Waals surface area contributed by atoms with Crippen molar-refractivity contribution in [3.63, 3.8) is 0 Å². The fraction of sp³-hybridized carbons (Fsp3) is 0.667. The molecule has 0 atom stereocenters. The quantitative estimate of drug-likeness (QED) is 0.503. The molecule has 0 nitrogen and oxygen atoms in total. The Balaban J connectivity index is 1.43. The van der Waals surface area contributed by atoms with E-state index < -0.39 is 11.6 Å². The van der Waals surface area contributed by atoms with E-state index >= 15 is 0 Å². The molecule has 0 aromatic heterocycles. The number of hydrogen-bond donors (Lipinski definition) is 0. The first-order valence-corrected chi connectivity index (χ1v) is 10.6. The highest BCUT2D eigenvalue weighted by Crippen LogP contribution is 2.42. The molecule has 2 saturated carbocycles. The monoisotopic (exact) mass is 358 g/mol. The maximum Gasteiger partial charge on any atom is 0.160 e. The van der Waals surface area contributed by atoms with Crippen molar-refractivity contribution >= 4 is 0 Å². The molecule has 2 aliphatic carbocycles. The van der Waals surface area contributed by atoms with Gasteiger partial charge < -0.3 is 0 Å². The molecule has 1 aromatic rings. The fourth-order valence-corrected chi connectivity index (χ4v) is 4.94. The molecular formula is C24H32F2.